The summed E-state index contributed by atoms with van der Waals surface area (Å²) in [5.41, 5.74) is 7.70. The first-order valence-electron chi connectivity index (χ1n) is 4.48. The fourth-order valence-electron chi connectivity index (χ4n) is 1.24. The van der Waals surface area contributed by atoms with Gasteiger partial charge in [-0.2, -0.15) is 5.26 Å². The largest absolute Gasteiger partial charge is 0.491 e. The van der Waals surface area contributed by atoms with Gasteiger partial charge in [-0.1, -0.05) is 6.07 Å². The zero-order valence-electron chi connectivity index (χ0n) is 8.45. The standard InChI is InChI=1S/C11H14N2O/c1-8-3-9(2)5-11(4-8)14-7-10(13)6-12/h3-5,10H,7,13H2,1-2H3. The van der Waals surface area contributed by atoms with Crippen molar-refractivity contribution in [2.45, 2.75) is 19.9 Å². The highest BCUT2D eigenvalue weighted by Crippen LogP contribution is 2.15. The van der Waals surface area contributed by atoms with E-state index in [1.54, 1.807) is 0 Å². The molecule has 0 saturated carbocycles. The number of nitrogens with zero attached hydrogens (tertiary/aromatic N) is 1. The molecule has 3 nitrogen and oxygen atoms in total. The van der Waals surface area contributed by atoms with Crippen molar-refractivity contribution in [1.82, 2.24) is 0 Å². The zero-order valence-corrected chi connectivity index (χ0v) is 8.45. The molecule has 74 valence electrons. The molecule has 1 rings (SSSR count). The summed E-state index contributed by atoms with van der Waals surface area (Å²) in [6, 6.07) is 7.28. The Balaban J connectivity index is 2.64. The maximum absolute atomic E-state index is 8.47. The molecule has 0 aromatic heterocycles. The molecule has 1 atom stereocenters. The number of hydrogen-bond acceptors (Lipinski definition) is 3. The molecule has 0 bridgehead atoms. The van der Waals surface area contributed by atoms with Crippen molar-refractivity contribution >= 4 is 0 Å². The maximum atomic E-state index is 8.47. The van der Waals surface area contributed by atoms with E-state index in [-0.39, 0.29) is 6.61 Å². The summed E-state index contributed by atoms with van der Waals surface area (Å²) in [5.74, 6) is 0.771. The van der Waals surface area contributed by atoms with Crippen molar-refractivity contribution in [3.8, 4) is 11.8 Å². The van der Waals surface area contributed by atoms with Gasteiger partial charge in [-0.25, -0.2) is 0 Å². The molecule has 0 amide bonds. The van der Waals surface area contributed by atoms with Crippen molar-refractivity contribution in [2.75, 3.05) is 6.61 Å². The highest BCUT2D eigenvalue weighted by atomic mass is 16.5. The molecule has 2 N–H and O–H groups in total. The van der Waals surface area contributed by atoms with Gasteiger partial charge in [0.25, 0.3) is 0 Å². The summed E-state index contributed by atoms with van der Waals surface area (Å²) in [7, 11) is 0. The van der Waals surface area contributed by atoms with E-state index in [0.29, 0.717) is 0 Å². The zero-order chi connectivity index (χ0) is 10.6. The lowest BCUT2D eigenvalue weighted by Gasteiger charge is -2.08. The van der Waals surface area contributed by atoms with Gasteiger partial charge >= 0.3 is 0 Å². The first-order valence-corrected chi connectivity index (χ1v) is 4.48. The quantitative estimate of drug-likeness (QED) is 0.786. The van der Waals surface area contributed by atoms with Gasteiger partial charge in [0.05, 0.1) is 6.07 Å². The predicted molar refractivity (Wildman–Crippen MR) is 55.0 cm³/mol. The Morgan fingerprint density at radius 3 is 2.43 bits per heavy atom. The molecule has 1 unspecified atom stereocenters. The van der Waals surface area contributed by atoms with Crippen LogP contribution in [0.1, 0.15) is 11.1 Å². The first kappa shape index (κ1) is 10.6. The summed E-state index contributed by atoms with van der Waals surface area (Å²) in [4.78, 5) is 0. The molecular weight excluding hydrogens is 176 g/mol. The van der Waals surface area contributed by atoms with E-state index in [1.165, 1.54) is 0 Å². The normalized spacial score (nSPS) is 11.9. The van der Waals surface area contributed by atoms with Crippen molar-refractivity contribution < 1.29 is 4.74 Å². The molecule has 0 aliphatic carbocycles. The van der Waals surface area contributed by atoms with Crippen molar-refractivity contribution in [3.63, 3.8) is 0 Å². The minimum atomic E-state index is -0.559. The number of nitrogens with two attached hydrogens (primary N) is 1. The van der Waals surface area contributed by atoms with Crippen LogP contribution in [0.25, 0.3) is 0 Å². The number of aryl methyl sites for hydroxylation is 2. The number of benzene rings is 1. The van der Waals surface area contributed by atoms with Gasteiger partial charge in [-0.3, -0.25) is 0 Å². The predicted octanol–water partition coefficient (Wildman–Crippen LogP) is 1.53. The molecule has 0 fully saturated rings. The topological polar surface area (TPSA) is 59.0 Å². The molecular formula is C11H14N2O. The van der Waals surface area contributed by atoms with Crippen LogP contribution in [0.5, 0.6) is 5.75 Å². The third-order valence-corrected chi connectivity index (χ3v) is 1.79. The van der Waals surface area contributed by atoms with Gasteiger partial charge in [0.1, 0.15) is 18.4 Å². The molecule has 0 saturated heterocycles. The molecule has 14 heavy (non-hydrogen) atoms. The van der Waals surface area contributed by atoms with Crippen LogP contribution in [0.4, 0.5) is 0 Å². The number of ether oxygens (including phenoxy) is 1. The third-order valence-electron chi connectivity index (χ3n) is 1.79. The lowest BCUT2D eigenvalue weighted by Crippen LogP contribution is -2.25. The average molecular weight is 190 g/mol. The highest BCUT2D eigenvalue weighted by Gasteiger charge is 2.01. The summed E-state index contributed by atoms with van der Waals surface area (Å²) in [5, 5.41) is 8.47. The summed E-state index contributed by atoms with van der Waals surface area (Å²) in [6.07, 6.45) is 0. The Morgan fingerprint density at radius 1 is 1.36 bits per heavy atom. The highest BCUT2D eigenvalue weighted by molar-refractivity contribution is 5.33. The van der Waals surface area contributed by atoms with Crippen LogP contribution >= 0.6 is 0 Å². The molecule has 0 heterocycles. The minimum absolute atomic E-state index is 0.236. The summed E-state index contributed by atoms with van der Waals surface area (Å²) < 4.78 is 5.37. The van der Waals surface area contributed by atoms with Crippen molar-refractivity contribution in [2.24, 2.45) is 5.73 Å². The molecule has 3 heteroatoms. The van der Waals surface area contributed by atoms with E-state index in [4.69, 9.17) is 15.7 Å². The van der Waals surface area contributed by atoms with Gasteiger partial charge in [-0.05, 0) is 37.1 Å². The van der Waals surface area contributed by atoms with Crippen LogP contribution < -0.4 is 10.5 Å². The third kappa shape index (κ3) is 3.08. The first-order chi connectivity index (χ1) is 6.61. The van der Waals surface area contributed by atoms with Gasteiger partial charge in [-0.15, -0.1) is 0 Å². The molecule has 1 aromatic rings. The minimum Gasteiger partial charge on any atom is -0.491 e. The molecule has 0 aliphatic heterocycles. The van der Waals surface area contributed by atoms with Crippen molar-refractivity contribution in [3.05, 3.63) is 29.3 Å². The fourth-order valence-corrected chi connectivity index (χ4v) is 1.24. The molecule has 1 aromatic carbocycles. The van der Waals surface area contributed by atoms with E-state index in [0.717, 1.165) is 16.9 Å². The van der Waals surface area contributed by atoms with E-state index < -0.39 is 6.04 Å². The van der Waals surface area contributed by atoms with Crippen molar-refractivity contribution in [1.29, 1.82) is 5.26 Å². The van der Waals surface area contributed by atoms with E-state index >= 15 is 0 Å². The second-order valence-corrected chi connectivity index (χ2v) is 3.37. The Kier molecular flexibility index (Phi) is 3.49. The van der Waals surface area contributed by atoms with Gasteiger partial charge in [0, 0.05) is 0 Å². The Morgan fingerprint density at radius 2 is 1.93 bits per heavy atom. The van der Waals surface area contributed by atoms with Crippen LogP contribution in [0.15, 0.2) is 18.2 Å². The maximum Gasteiger partial charge on any atom is 0.127 e. The second kappa shape index (κ2) is 4.64. The number of hydrogen-bond donors (Lipinski definition) is 1. The van der Waals surface area contributed by atoms with Gasteiger partial charge in [0.2, 0.25) is 0 Å². The van der Waals surface area contributed by atoms with E-state index in [2.05, 4.69) is 6.07 Å². The van der Waals surface area contributed by atoms with E-state index in [1.807, 2.05) is 32.0 Å². The summed E-state index contributed by atoms with van der Waals surface area (Å²) in [6.45, 7) is 4.24. The summed E-state index contributed by atoms with van der Waals surface area (Å²) >= 11 is 0. The van der Waals surface area contributed by atoms with Crippen LogP contribution in [0.3, 0.4) is 0 Å². The van der Waals surface area contributed by atoms with Crippen LogP contribution in [0.2, 0.25) is 0 Å². The lowest BCUT2D eigenvalue weighted by molar-refractivity contribution is 0.308. The van der Waals surface area contributed by atoms with Gasteiger partial charge in [0.15, 0.2) is 0 Å². The monoisotopic (exact) mass is 190 g/mol. The van der Waals surface area contributed by atoms with Crippen LogP contribution in [-0.4, -0.2) is 12.6 Å². The molecule has 0 aliphatic rings. The van der Waals surface area contributed by atoms with Gasteiger partial charge < -0.3 is 10.5 Å². The SMILES string of the molecule is Cc1cc(C)cc(OCC(N)C#N)c1. The average Bonchev–Trinajstić information content (AvgIpc) is 2.12. The lowest BCUT2D eigenvalue weighted by atomic mass is 10.1. The smallest absolute Gasteiger partial charge is 0.127 e. The number of rotatable bonds is 3. The molecule has 0 spiro atoms. The second-order valence-electron chi connectivity index (χ2n) is 3.37. The molecule has 0 radical (unpaired) electrons. The van der Waals surface area contributed by atoms with E-state index in [9.17, 15) is 0 Å². The van der Waals surface area contributed by atoms with Crippen LogP contribution in [0, 0.1) is 25.2 Å². The Hall–Kier alpha value is -1.53. The Labute approximate surface area is 84.1 Å². The fraction of sp³-hybridized carbons (Fsp3) is 0.364. The van der Waals surface area contributed by atoms with Crippen LogP contribution in [-0.2, 0) is 0 Å². The number of nitriles is 1. The Bertz CT molecular complexity index is 335.